The molecule has 0 heterocycles. The molecule has 0 atom stereocenters. The number of rotatable bonds is 1. The average molecular weight is 584 g/mol. The van der Waals surface area contributed by atoms with Crippen LogP contribution in [-0.2, 0) is 9.95 Å². The Labute approximate surface area is 108 Å². The molecule has 0 bridgehead atoms. The molecule has 0 fully saturated rings. The fourth-order valence-electron chi connectivity index (χ4n) is 1.44. The summed E-state index contributed by atoms with van der Waals surface area (Å²) in [5, 5.41) is 0. The van der Waals surface area contributed by atoms with Crippen molar-refractivity contribution in [3.05, 3.63) is 21.2 Å². The van der Waals surface area contributed by atoms with Gasteiger partial charge >= 0.3 is 109 Å². The van der Waals surface area contributed by atoms with Gasteiger partial charge in [-0.2, -0.15) is 0 Å². The minimum absolute atomic E-state index is 0.764. The molecular formula is C10H15I2Pt. The van der Waals surface area contributed by atoms with E-state index in [9.17, 15) is 0 Å². The van der Waals surface area contributed by atoms with Crippen LogP contribution < -0.4 is 0 Å². The van der Waals surface area contributed by atoms with E-state index in [1.54, 1.807) is 11.1 Å². The minimum atomic E-state index is -0.764. The Balaban J connectivity index is 2.74. The van der Waals surface area contributed by atoms with E-state index in [-0.39, 0.29) is 0 Å². The summed E-state index contributed by atoms with van der Waals surface area (Å²) in [7, 11) is -0.764. The summed E-state index contributed by atoms with van der Waals surface area (Å²) >= 11 is 5.36. The average Bonchev–Trinajstić information content (AvgIpc) is 2.01. The van der Waals surface area contributed by atoms with Gasteiger partial charge in [0, 0.05) is 0 Å². The van der Waals surface area contributed by atoms with Gasteiger partial charge < -0.3 is 0 Å². The molecular weight excluding hydrogens is 569 g/mol. The van der Waals surface area contributed by atoms with Crippen molar-refractivity contribution in [3.63, 3.8) is 0 Å². The van der Waals surface area contributed by atoms with Crippen molar-refractivity contribution in [1.82, 2.24) is 0 Å². The van der Waals surface area contributed by atoms with Gasteiger partial charge in [-0.1, -0.05) is 0 Å². The van der Waals surface area contributed by atoms with Crippen LogP contribution in [0.15, 0.2) is 21.2 Å². The van der Waals surface area contributed by atoms with Gasteiger partial charge in [-0.05, 0) is 0 Å². The van der Waals surface area contributed by atoms with Crippen molar-refractivity contribution < 1.29 is 9.95 Å². The monoisotopic (exact) mass is 584 g/mol. The molecule has 0 saturated heterocycles. The van der Waals surface area contributed by atoms with E-state index in [0.717, 1.165) is 0 Å². The van der Waals surface area contributed by atoms with Crippen molar-refractivity contribution in [3.8, 4) is 0 Å². The van der Waals surface area contributed by atoms with Crippen LogP contribution in [0.5, 0.6) is 0 Å². The molecule has 0 aromatic heterocycles. The van der Waals surface area contributed by atoms with Crippen LogP contribution in [0.1, 0.15) is 39.5 Å². The van der Waals surface area contributed by atoms with Crippen molar-refractivity contribution in [2.75, 3.05) is 0 Å². The van der Waals surface area contributed by atoms with E-state index in [2.05, 4.69) is 58.6 Å². The molecule has 0 radical (unpaired) electrons. The Morgan fingerprint density at radius 1 is 1.15 bits per heavy atom. The summed E-state index contributed by atoms with van der Waals surface area (Å²) in [4.78, 5) is 0. The molecule has 0 aliphatic heterocycles. The predicted molar refractivity (Wildman–Crippen MR) is 73.0 cm³/mol. The van der Waals surface area contributed by atoms with Crippen LogP contribution in [0, 0.1) is 0 Å². The van der Waals surface area contributed by atoms with Crippen LogP contribution in [0.2, 0.25) is 0 Å². The van der Waals surface area contributed by atoms with Gasteiger partial charge in [0.1, 0.15) is 0 Å². The second kappa shape index (κ2) is 6.26. The molecule has 0 amide bonds. The van der Waals surface area contributed by atoms with E-state index >= 15 is 0 Å². The number of allylic oxidation sites excluding steroid dienone is 4. The van der Waals surface area contributed by atoms with Crippen molar-refractivity contribution in [2.24, 2.45) is 0 Å². The van der Waals surface area contributed by atoms with E-state index in [1.807, 2.05) is 3.96 Å². The van der Waals surface area contributed by atoms with E-state index < -0.39 is 9.95 Å². The Bertz CT molecular complexity index is 241. The Hall–Kier alpha value is 1.63. The van der Waals surface area contributed by atoms with Crippen LogP contribution in [0.3, 0.4) is 0 Å². The molecule has 3 heteroatoms. The first-order valence-electron chi connectivity index (χ1n) is 4.40. The Morgan fingerprint density at radius 3 is 2.46 bits per heavy atom. The molecule has 0 unspecified atom stereocenters. The van der Waals surface area contributed by atoms with Crippen LogP contribution in [0.25, 0.3) is 0 Å². The van der Waals surface area contributed by atoms with Gasteiger partial charge in [-0.25, -0.2) is 0 Å². The summed E-state index contributed by atoms with van der Waals surface area (Å²) in [6, 6.07) is 0. The molecule has 1 rings (SSSR count). The third kappa shape index (κ3) is 4.33. The quantitative estimate of drug-likeness (QED) is 0.298. The Kier molecular flexibility index (Phi) is 6.12. The fraction of sp³-hybridized carbons (Fsp3) is 0.600. The zero-order valence-corrected chi connectivity index (χ0v) is 14.6. The van der Waals surface area contributed by atoms with Crippen LogP contribution >= 0.6 is 38.7 Å². The molecule has 1 aliphatic carbocycles. The zero-order valence-electron chi connectivity index (χ0n) is 7.98. The third-order valence-corrected chi connectivity index (χ3v) is 11.6. The molecule has 13 heavy (non-hydrogen) atoms. The van der Waals surface area contributed by atoms with Crippen LogP contribution in [0.4, 0.5) is 0 Å². The number of halogens is 2. The fourth-order valence-corrected chi connectivity index (χ4v) is 10.7. The standard InChI is InChI=1S/C10H15.2HI.Pt/c1-9-5-3-7-10(2)8-4-6-9;;;/h5H,3-4,6-7H2,1-2H3;2*1H;/q;;;+2/p-2. The maximum atomic E-state index is 2.68. The van der Waals surface area contributed by atoms with Crippen molar-refractivity contribution in [2.45, 2.75) is 39.5 Å². The van der Waals surface area contributed by atoms with Gasteiger partial charge in [0.15, 0.2) is 0 Å². The molecule has 0 aromatic rings. The normalized spacial score (nSPS) is 20.6. The molecule has 0 N–H and O–H groups in total. The summed E-state index contributed by atoms with van der Waals surface area (Å²) in [6.45, 7) is 4.61. The topological polar surface area (TPSA) is 0 Å². The second-order valence-corrected chi connectivity index (χ2v) is 27.8. The zero-order chi connectivity index (χ0) is 9.84. The first-order valence-corrected chi connectivity index (χ1v) is 18.4. The molecule has 0 spiro atoms. The summed E-state index contributed by atoms with van der Waals surface area (Å²) < 4.78 is 1.83. The first kappa shape index (κ1) is 12.7. The molecule has 0 saturated carbocycles. The van der Waals surface area contributed by atoms with Gasteiger partial charge in [0.2, 0.25) is 0 Å². The molecule has 1 aliphatic rings. The van der Waals surface area contributed by atoms with Gasteiger partial charge in [0.25, 0.3) is 0 Å². The maximum absolute atomic E-state index is 2.68. The van der Waals surface area contributed by atoms with Crippen LogP contribution in [-0.4, -0.2) is 0 Å². The van der Waals surface area contributed by atoms with E-state index in [1.165, 1.54) is 25.7 Å². The Morgan fingerprint density at radius 2 is 1.85 bits per heavy atom. The predicted octanol–water partition coefficient (Wildman–Crippen LogP) is 5.10. The first-order chi connectivity index (χ1) is 6.11. The molecule has 79 valence electrons. The second-order valence-electron chi connectivity index (χ2n) is 3.40. The molecule has 0 nitrogen and oxygen atoms in total. The van der Waals surface area contributed by atoms with Gasteiger partial charge in [-0.3, -0.25) is 0 Å². The van der Waals surface area contributed by atoms with E-state index in [4.69, 9.17) is 0 Å². The number of hydrogen-bond acceptors (Lipinski definition) is 0. The van der Waals surface area contributed by atoms with E-state index in [0.29, 0.717) is 0 Å². The summed E-state index contributed by atoms with van der Waals surface area (Å²) in [5.74, 6) is 0. The van der Waals surface area contributed by atoms with Crippen molar-refractivity contribution >= 4 is 38.7 Å². The van der Waals surface area contributed by atoms with Gasteiger partial charge in [-0.15, -0.1) is 0 Å². The third-order valence-electron chi connectivity index (χ3n) is 2.32. The van der Waals surface area contributed by atoms with Gasteiger partial charge in [0.05, 0.1) is 0 Å². The molecule has 0 aromatic carbocycles. The van der Waals surface area contributed by atoms with Crippen molar-refractivity contribution in [1.29, 1.82) is 0 Å². The SMILES string of the molecule is CC1=CCCC(C)=[C]([Pt]([I])[I])CC1. The summed E-state index contributed by atoms with van der Waals surface area (Å²) in [5.41, 5.74) is 3.29. The summed E-state index contributed by atoms with van der Waals surface area (Å²) in [6.07, 6.45) is 7.61. The number of hydrogen-bond donors (Lipinski definition) is 0.